The maximum Gasteiger partial charge on any atom is 0.364 e. The Morgan fingerprint density at radius 2 is 2.41 bits per heavy atom. The second kappa shape index (κ2) is 5.01. The van der Waals surface area contributed by atoms with Gasteiger partial charge in [0.15, 0.2) is 0 Å². The lowest BCUT2D eigenvalue weighted by atomic mass is 10.0. The molecule has 0 amide bonds. The molecule has 0 radical (unpaired) electrons. The summed E-state index contributed by atoms with van der Waals surface area (Å²) in [7, 11) is 0. The Morgan fingerprint density at radius 1 is 1.59 bits per heavy atom. The van der Waals surface area contributed by atoms with Crippen molar-refractivity contribution < 1.29 is 14.5 Å². The molecular formula is C11H12N2O4. The summed E-state index contributed by atoms with van der Waals surface area (Å²) in [4.78, 5) is 25.5. The van der Waals surface area contributed by atoms with E-state index in [0.717, 1.165) is 6.42 Å². The van der Waals surface area contributed by atoms with Crippen LogP contribution in [0.2, 0.25) is 0 Å². The van der Waals surface area contributed by atoms with E-state index in [1.165, 1.54) is 18.2 Å². The van der Waals surface area contributed by atoms with Crippen LogP contribution >= 0.6 is 0 Å². The molecule has 90 valence electrons. The van der Waals surface area contributed by atoms with E-state index >= 15 is 0 Å². The van der Waals surface area contributed by atoms with Crippen LogP contribution in [0.25, 0.3) is 0 Å². The average molecular weight is 236 g/mol. The third-order valence-corrected chi connectivity index (χ3v) is 2.71. The molecule has 1 aromatic rings. The lowest BCUT2D eigenvalue weighted by Crippen LogP contribution is -2.10. The van der Waals surface area contributed by atoms with Crippen molar-refractivity contribution in [1.29, 1.82) is 0 Å². The highest BCUT2D eigenvalue weighted by atomic mass is 16.6. The zero-order valence-corrected chi connectivity index (χ0v) is 9.17. The first-order valence-electron chi connectivity index (χ1n) is 5.39. The largest absolute Gasteiger partial charge is 0.381 e. The number of nitrogens with zero attached hydrogens (tertiary/aromatic N) is 2. The lowest BCUT2D eigenvalue weighted by molar-refractivity contribution is -0.389. The predicted octanol–water partition coefficient (Wildman–Crippen LogP) is 1.60. The van der Waals surface area contributed by atoms with Gasteiger partial charge in [0.25, 0.3) is 0 Å². The number of carbonyl (C=O) groups is 1. The fraction of sp³-hybridized carbons (Fsp3) is 0.455. The molecule has 6 heteroatoms. The van der Waals surface area contributed by atoms with Crippen LogP contribution in [0.1, 0.15) is 23.3 Å². The number of rotatable bonds is 4. The minimum Gasteiger partial charge on any atom is -0.381 e. The molecule has 6 nitrogen and oxygen atoms in total. The van der Waals surface area contributed by atoms with Crippen molar-refractivity contribution >= 4 is 11.6 Å². The van der Waals surface area contributed by atoms with Crippen LogP contribution in [-0.2, 0) is 4.74 Å². The summed E-state index contributed by atoms with van der Waals surface area (Å²) in [6.45, 7) is 1.26. The molecule has 0 saturated carbocycles. The summed E-state index contributed by atoms with van der Waals surface area (Å²) in [5.41, 5.74) is 0.158. The first-order valence-corrected chi connectivity index (χ1v) is 5.39. The minimum atomic E-state index is -0.602. The molecule has 1 fully saturated rings. The molecular weight excluding hydrogens is 224 g/mol. The van der Waals surface area contributed by atoms with E-state index in [1.807, 2.05) is 0 Å². The predicted molar refractivity (Wildman–Crippen MR) is 58.8 cm³/mol. The van der Waals surface area contributed by atoms with Crippen LogP contribution in [0.15, 0.2) is 18.2 Å². The second-order valence-corrected chi connectivity index (χ2v) is 4.00. The Hall–Kier alpha value is -1.82. The molecule has 0 N–H and O–H groups in total. The number of nitro groups is 1. The lowest BCUT2D eigenvalue weighted by Gasteiger charge is -2.03. The average Bonchev–Trinajstić information content (AvgIpc) is 2.82. The molecule has 0 aromatic carbocycles. The molecule has 0 bridgehead atoms. The monoisotopic (exact) mass is 236 g/mol. The van der Waals surface area contributed by atoms with Gasteiger partial charge in [0.1, 0.15) is 0 Å². The van der Waals surface area contributed by atoms with Crippen LogP contribution in [0, 0.1) is 16.0 Å². The Bertz CT molecular complexity index is 441. The molecule has 1 aliphatic heterocycles. The highest BCUT2D eigenvalue weighted by Crippen LogP contribution is 2.19. The normalized spacial score (nSPS) is 19.2. The molecule has 1 aliphatic rings. The smallest absolute Gasteiger partial charge is 0.364 e. The van der Waals surface area contributed by atoms with Gasteiger partial charge in [0.05, 0.1) is 0 Å². The first kappa shape index (κ1) is 11.7. The molecule has 0 spiro atoms. The summed E-state index contributed by atoms with van der Waals surface area (Å²) in [6.07, 6.45) is 1.20. The fourth-order valence-corrected chi connectivity index (χ4v) is 1.79. The highest BCUT2D eigenvalue weighted by Gasteiger charge is 2.23. The van der Waals surface area contributed by atoms with E-state index in [0.29, 0.717) is 19.6 Å². The number of ketones is 1. The Kier molecular flexibility index (Phi) is 3.43. The number of ether oxygens (including phenoxy) is 1. The van der Waals surface area contributed by atoms with Crippen molar-refractivity contribution in [2.24, 2.45) is 5.92 Å². The quantitative estimate of drug-likeness (QED) is 0.450. The van der Waals surface area contributed by atoms with Gasteiger partial charge in [-0.05, 0) is 34.4 Å². The van der Waals surface area contributed by atoms with E-state index < -0.39 is 4.92 Å². The van der Waals surface area contributed by atoms with Crippen LogP contribution < -0.4 is 0 Å². The third-order valence-electron chi connectivity index (χ3n) is 2.71. The van der Waals surface area contributed by atoms with E-state index in [4.69, 9.17) is 4.74 Å². The van der Waals surface area contributed by atoms with E-state index in [9.17, 15) is 14.9 Å². The number of carbonyl (C=O) groups excluding carboxylic acids is 1. The summed E-state index contributed by atoms with van der Waals surface area (Å²) in [6, 6.07) is 4.25. The van der Waals surface area contributed by atoms with Crippen LogP contribution in [-0.4, -0.2) is 28.9 Å². The van der Waals surface area contributed by atoms with Gasteiger partial charge < -0.3 is 14.9 Å². The number of hydrogen-bond acceptors (Lipinski definition) is 5. The second-order valence-electron chi connectivity index (χ2n) is 4.00. The number of pyridine rings is 1. The molecule has 2 heterocycles. The van der Waals surface area contributed by atoms with E-state index in [1.54, 1.807) is 0 Å². The Labute approximate surface area is 97.8 Å². The van der Waals surface area contributed by atoms with Crippen LogP contribution in [0.5, 0.6) is 0 Å². The summed E-state index contributed by atoms with van der Waals surface area (Å²) in [5, 5.41) is 10.5. The molecule has 0 unspecified atom stereocenters. The molecule has 0 aliphatic carbocycles. The standard InChI is InChI=1S/C11H12N2O4/c14-10(6-8-4-5-17-7-8)9-2-1-3-11(12-9)13(15)16/h1-3,8H,4-7H2/t8-/m1/s1. The Balaban J connectivity index is 2.07. The van der Waals surface area contributed by atoms with Crippen molar-refractivity contribution in [1.82, 2.24) is 4.98 Å². The fourth-order valence-electron chi connectivity index (χ4n) is 1.79. The van der Waals surface area contributed by atoms with E-state index in [-0.39, 0.29) is 23.2 Å². The maximum absolute atomic E-state index is 11.8. The van der Waals surface area contributed by atoms with Gasteiger partial charge in [-0.25, -0.2) is 0 Å². The van der Waals surface area contributed by atoms with Crippen molar-refractivity contribution in [3.63, 3.8) is 0 Å². The maximum atomic E-state index is 11.8. The molecule has 1 atom stereocenters. The summed E-state index contributed by atoms with van der Waals surface area (Å²) in [5.74, 6) is -0.244. The van der Waals surface area contributed by atoms with Crippen LogP contribution in [0.3, 0.4) is 0 Å². The molecule has 1 aromatic heterocycles. The van der Waals surface area contributed by atoms with Gasteiger partial charge in [-0.2, -0.15) is 0 Å². The zero-order valence-electron chi connectivity index (χ0n) is 9.17. The first-order chi connectivity index (χ1) is 8.16. The van der Waals surface area contributed by atoms with Crippen LogP contribution in [0.4, 0.5) is 5.82 Å². The Morgan fingerprint density at radius 3 is 3.06 bits per heavy atom. The van der Waals surface area contributed by atoms with Gasteiger partial charge in [-0.3, -0.25) is 4.79 Å². The number of hydrogen-bond donors (Lipinski definition) is 0. The van der Waals surface area contributed by atoms with Gasteiger partial charge in [-0.1, -0.05) is 0 Å². The van der Waals surface area contributed by atoms with Crippen molar-refractivity contribution in [2.75, 3.05) is 13.2 Å². The molecule has 1 saturated heterocycles. The van der Waals surface area contributed by atoms with Gasteiger partial charge >= 0.3 is 5.82 Å². The van der Waals surface area contributed by atoms with Gasteiger partial charge in [0, 0.05) is 25.7 Å². The zero-order chi connectivity index (χ0) is 12.3. The van der Waals surface area contributed by atoms with Crippen molar-refractivity contribution in [2.45, 2.75) is 12.8 Å². The SMILES string of the molecule is O=C(C[C@H]1CCOC1)c1cccc([N+](=O)[O-])n1. The third kappa shape index (κ3) is 2.85. The minimum absolute atomic E-state index is 0.158. The summed E-state index contributed by atoms with van der Waals surface area (Å²) < 4.78 is 5.17. The number of Topliss-reactive ketones (excluding diaryl/α,β-unsaturated/α-hetero) is 1. The van der Waals surface area contributed by atoms with Crippen molar-refractivity contribution in [3.05, 3.63) is 34.0 Å². The molecule has 17 heavy (non-hydrogen) atoms. The molecule has 2 rings (SSSR count). The summed E-state index contributed by atoms with van der Waals surface area (Å²) >= 11 is 0. The highest BCUT2D eigenvalue weighted by molar-refractivity contribution is 5.94. The van der Waals surface area contributed by atoms with E-state index in [2.05, 4.69) is 4.98 Å². The topological polar surface area (TPSA) is 82.3 Å². The van der Waals surface area contributed by atoms with Gasteiger partial charge in [0.2, 0.25) is 11.5 Å². The van der Waals surface area contributed by atoms with Crippen molar-refractivity contribution in [3.8, 4) is 0 Å². The van der Waals surface area contributed by atoms with Gasteiger partial charge in [-0.15, -0.1) is 0 Å². The number of aromatic nitrogens is 1.